The number of carbonyl (C=O) groups is 2. The number of carbonyl (C=O) groups excluding carboxylic acids is 2. The van der Waals surface area contributed by atoms with Gasteiger partial charge in [0.2, 0.25) is 5.91 Å². The van der Waals surface area contributed by atoms with E-state index in [1.54, 1.807) is 12.1 Å². The summed E-state index contributed by atoms with van der Waals surface area (Å²) in [5, 5.41) is 14.4. The first-order valence-corrected chi connectivity index (χ1v) is 10.2. The molecular weight excluding hydrogens is 374 g/mol. The molecule has 2 saturated heterocycles. The number of hydrogen-bond acceptors (Lipinski definition) is 6. The van der Waals surface area contributed by atoms with Crippen molar-refractivity contribution in [3.05, 3.63) is 33.9 Å². The van der Waals surface area contributed by atoms with Crippen LogP contribution in [0.5, 0.6) is 0 Å². The molecule has 2 fully saturated rings. The van der Waals surface area contributed by atoms with Crippen molar-refractivity contribution in [3.8, 4) is 0 Å². The van der Waals surface area contributed by atoms with Gasteiger partial charge in [-0.15, -0.1) is 0 Å². The zero-order chi connectivity index (χ0) is 21.0. The topological polar surface area (TPSA) is 99.0 Å². The van der Waals surface area contributed by atoms with Gasteiger partial charge in [-0.2, -0.15) is 0 Å². The van der Waals surface area contributed by atoms with Crippen LogP contribution >= 0.6 is 0 Å². The molecule has 158 valence electrons. The summed E-state index contributed by atoms with van der Waals surface area (Å²) in [6, 6.07) is 4.58. The summed E-state index contributed by atoms with van der Waals surface area (Å²) in [4.78, 5) is 41.7. The van der Waals surface area contributed by atoms with Gasteiger partial charge in [0.05, 0.1) is 11.5 Å². The first kappa shape index (κ1) is 21.0. The highest BCUT2D eigenvalue weighted by atomic mass is 16.6. The average Bonchev–Trinajstić information content (AvgIpc) is 3.22. The molecule has 2 aliphatic rings. The third kappa shape index (κ3) is 5.23. The molecule has 0 spiro atoms. The second kappa shape index (κ2) is 9.21. The van der Waals surface area contributed by atoms with Crippen molar-refractivity contribution in [1.29, 1.82) is 0 Å². The number of nitrogens with zero attached hydrogens (tertiary/aromatic N) is 4. The first-order valence-electron chi connectivity index (χ1n) is 10.2. The molecule has 1 aromatic rings. The molecule has 29 heavy (non-hydrogen) atoms. The number of piperazine rings is 1. The molecular formula is C20H29N5O4. The summed E-state index contributed by atoms with van der Waals surface area (Å²) in [6.07, 6.45) is 2.16. The molecule has 2 heterocycles. The number of amides is 2. The van der Waals surface area contributed by atoms with Crippen molar-refractivity contribution in [2.75, 3.05) is 50.7 Å². The van der Waals surface area contributed by atoms with Gasteiger partial charge in [0.15, 0.2) is 0 Å². The van der Waals surface area contributed by atoms with Crippen LogP contribution in [0.25, 0.3) is 0 Å². The van der Waals surface area contributed by atoms with Crippen molar-refractivity contribution >= 4 is 23.2 Å². The minimum Gasteiger partial charge on any atom is -0.363 e. The highest BCUT2D eigenvalue weighted by molar-refractivity contribution is 5.96. The number of nitro groups is 1. The smallest absolute Gasteiger partial charge is 0.293 e. The molecule has 0 bridgehead atoms. The lowest BCUT2D eigenvalue weighted by molar-refractivity contribution is -0.384. The number of hydrogen-bond donors (Lipinski definition) is 1. The average molecular weight is 403 g/mol. The lowest BCUT2D eigenvalue weighted by atomic mass is 10.1. The minimum absolute atomic E-state index is 0.0439. The van der Waals surface area contributed by atoms with E-state index >= 15 is 0 Å². The van der Waals surface area contributed by atoms with Gasteiger partial charge in [0, 0.05) is 56.9 Å². The van der Waals surface area contributed by atoms with E-state index in [-0.39, 0.29) is 29.1 Å². The first-order chi connectivity index (χ1) is 13.8. The van der Waals surface area contributed by atoms with E-state index in [1.165, 1.54) is 6.07 Å². The van der Waals surface area contributed by atoms with Gasteiger partial charge < -0.3 is 15.1 Å². The molecule has 2 aliphatic heterocycles. The summed E-state index contributed by atoms with van der Waals surface area (Å²) >= 11 is 0. The van der Waals surface area contributed by atoms with Crippen molar-refractivity contribution in [2.24, 2.45) is 0 Å². The van der Waals surface area contributed by atoms with Crippen LogP contribution in [0, 0.1) is 10.1 Å². The molecule has 0 radical (unpaired) electrons. The number of benzene rings is 1. The molecule has 0 aliphatic carbocycles. The van der Waals surface area contributed by atoms with E-state index in [1.807, 2.05) is 23.6 Å². The highest BCUT2D eigenvalue weighted by Crippen LogP contribution is 2.30. The Hall–Kier alpha value is -2.68. The van der Waals surface area contributed by atoms with Crippen LogP contribution in [-0.2, 0) is 4.79 Å². The van der Waals surface area contributed by atoms with Gasteiger partial charge in [-0.25, -0.2) is 0 Å². The Morgan fingerprint density at radius 2 is 1.76 bits per heavy atom. The van der Waals surface area contributed by atoms with Gasteiger partial charge >= 0.3 is 0 Å². The van der Waals surface area contributed by atoms with E-state index < -0.39 is 4.92 Å². The third-order valence-electron chi connectivity index (χ3n) is 5.38. The molecule has 2 amide bonds. The second-order valence-corrected chi connectivity index (χ2v) is 7.94. The van der Waals surface area contributed by atoms with E-state index in [0.717, 1.165) is 25.9 Å². The summed E-state index contributed by atoms with van der Waals surface area (Å²) in [7, 11) is 0. The highest BCUT2D eigenvalue weighted by Gasteiger charge is 2.27. The quantitative estimate of drug-likeness (QED) is 0.571. The van der Waals surface area contributed by atoms with E-state index in [0.29, 0.717) is 38.4 Å². The number of nitrogens with one attached hydrogen (secondary N) is 1. The Bertz CT molecular complexity index is 768. The van der Waals surface area contributed by atoms with Crippen LogP contribution < -0.4 is 10.2 Å². The van der Waals surface area contributed by atoms with Crippen molar-refractivity contribution in [3.63, 3.8) is 0 Å². The van der Waals surface area contributed by atoms with Crippen LogP contribution in [0.2, 0.25) is 0 Å². The van der Waals surface area contributed by atoms with Crippen LogP contribution in [0.4, 0.5) is 11.4 Å². The monoisotopic (exact) mass is 403 g/mol. The molecule has 9 nitrogen and oxygen atoms in total. The van der Waals surface area contributed by atoms with Crippen LogP contribution in [0.1, 0.15) is 37.0 Å². The van der Waals surface area contributed by atoms with Crippen molar-refractivity contribution in [2.45, 2.75) is 32.7 Å². The lowest BCUT2D eigenvalue weighted by Gasteiger charge is -2.36. The summed E-state index contributed by atoms with van der Waals surface area (Å²) < 4.78 is 0. The molecule has 0 atom stereocenters. The lowest BCUT2D eigenvalue weighted by Crippen LogP contribution is -2.50. The van der Waals surface area contributed by atoms with Crippen molar-refractivity contribution in [1.82, 2.24) is 15.1 Å². The van der Waals surface area contributed by atoms with E-state index in [2.05, 4.69) is 10.2 Å². The standard InChI is InChI=1S/C20H29N5O4/c1-15(2)21-20(27)16-5-6-17(18(13-16)25(28)29)23-11-9-22(10-12-23)14-19(26)24-7-3-4-8-24/h5-6,13,15H,3-4,7-12,14H2,1-2H3,(H,21,27). The van der Waals surface area contributed by atoms with Gasteiger partial charge in [0.25, 0.3) is 11.6 Å². The maximum absolute atomic E-state index is 12.3. The number of likely N-dealkylation sites (tertiary alicyclic amines) is 1. The number of anilines is 1. The Labute approximate surface area is 170 Å². The second-order valence-electron chi connectivity index (χ2n) is 7.94. The third-order valence-corrected chi connectivity index (χ3v) is 5.38. The molecule has 9 heteroatoms. The Kier molecular flexibility index (Phi) is 6.68. The maximum Gasteiger partial charge on any atom is 0.293 e. The van der Waals surface area contributed by atoms with Crippen LogP contribution in [-0.4, -0.2) is 78.4 Å². The molecule has 0 saturated carbocycles. The summed E-state index contributed by atoms with van der Waals surface area (Å²) in [5.41, 5.74) is 0.730. The molecule has 0 unspecified atom stereocenters. The minimum atomic E-state index is -0.440. The Balaban J connectivity index is 1.64. The van der Waals surface area contributed by atoms with E-state index in [4.69, 9.17) is 0 Å². The van der Waals surface area contributed by atoms with Crippen LogP contribution in [0.3, 0.4) is 0 Å². The molecule has 0 aromatic heterocycles. The summed E-state index contributed by atoms with van der Waals surface area (Å²) in [6.45, 7) is 8.34. The van der Waals surface area contributed by atoms with Gasteiger partial charge in [0.1, 0.15) is 5.69 Å². The Morgan fingerprint density at radius 3 is 2.34 bits per heavy atom. The van der Waals surface area contributed by atoms with Gasteiger partial charge in [-0.05, 0) is 38.8 Å². The predicted octanol–water partition coefficient (Wildman–Crippen LogP) is 1.48. The molecule has 1 N–H and O–H groups in total. The van der Waals surface area contributed by atoms with Gasteiger partial charge in [-0.1, -0.05) is 0 Å². The number of rotatable bonds is 6. The predicted molar refractivity (Wildman–Crippen MR) is 110 cm³/mol. The number of nitro benzene ring substituents is 1. The SMILES string of the molecule is CC(C)NC(=O)c1ccc(N2CCN(CC(=O)N3CCCC3)CC2)c([N+](=O)[O-])c1. The normalized spacial score (nSPS) is 17.6. The summed E-state index contributed by atoms with van der Waals surface area (Å²) in [5.74, 6) is -0.151. The largest absolute Gasteiger partial charge is 0.363 e. The van der Waals surface area contributed by atoms with E-state index in [9.17, 15) is 19.7 Å². The maximum atomic E-state index is 12.3. The Morgan fingerprint density at radius 1 is 1.10 bits per heavy atom. The fourth-order valence-electron chi connectivity index (χ4n) is 3.83. The fraction of sp³-hybridized carbons (Fsp3) is 0.600. The zero-order valence-corrected chi connectivity index (χ0v) is 17.1. The molecule has 1 aromatic carbocycles. The van der Waals surface area contributed by atoms with Crippen molar-refractivity contribution < 1.29 is 14.5 Å². The zero-order valence-electron chi connectivity index (χ0n) is 17.1. The molecule has 3 rings (SSSR count). The van der Waals surface area contributed by atoms with Crippen LogP contribution in [0.15, 0.2) is 18.2 Å². The fourth-order valence-corrected chi connectivity index (χ4v) is 3.83. The van der Waals surface area contributed by atoms with Gasteiger partial charge in [-0.3, -0.25) is 24.6 Å².